The maximum Gasteiger partial charge on any atom is 0.0994 e. The molecule has 1 unspecified atom stereocenters. The highest BCUT2D eigenvalue weighted by molar-refractivity contribution is 5.53. The molecular weight excluding hydrogens is 304 g/mol. The highest BCUT2D eigenvalue weighted by Crippen LogP contribution is 2.36. The number of nitrogens with one attached hydrogen (secondary N) is 1. The standard InChI is InChI=1S/C23H20N2/c24-15-19-8-4-5-9-23(19)21-12-18-10-11-22(14-20(18)13-21)25-16-17-6-2-1-3-7-17/h1-11,14,21,25H,12-13,16H2. The van der Waals surface area contributed by atoms with Gasteiger partial charge in [0, 0.05) is 12.2 Å². The predicted molar refractivity (Wildman–Crippen MR) is 102 cm³/mol. The third-order valence-corrected chi connectivity index (χ3v) is 5.00. The molecule has 1 N–H and O–H groups in total. The summed E-state index contributed by atoms with van der Waals surface area (Å²) in [7, 11) is 0. The van der Waals surface area contributed by atoms with Crippen molar-refractivity contribution in [2.45, 2.75) is 25.3 Å². The average molecular weight is 324 g/mol. The summed E-state index contributed by atoms with van der Waals surface area (Å²) in [6, 6.07) is 27.4. The summed E-state index contributed by atoms with van der Waals surface area (Å²) in [5.74, 6) is 0.412. The Labute approximate surface area is 148 Å². The molecule has 2 nitrogen and oxygen atoms in total. The molecule has 4 rings (SSSR count). The van der Waals surface area contributed by atoms with Crippen LogP contribution in [0, 0.1) is 11.3 Å². The SMILES string of the molecule is N#Cc1ccccc1C1Cc2ccc(NCc3ccccc3)cc2C1. The molecular formula is C23H20N2. The first kappa shape index (κ1) is 15.5. The van der Waals surface area contributed by atoms with Crippen molar-refractivity contribution >= 4 is 5.69 Å². The summed E-state index contributed by atoms with van der Waals surface area (Å²) >= 11 is 0. The Bertz CT molecular complexity index is 922. The molecule has 0 aliphatic heterocycles. The zero-order valence-electron chi connectivity index (χ0n) is 14.1. The number of hydrogen-bond acceptors (Lipinski definition) is 2. The number of fused-ring (bicyclic) bond motifs is 1. The normalized spacial score (nSPS) is 15.4. The Morgan fingerprint density at radius 2 is 1.64 bits per heavy atom. The van der Waals surface area contributed by atoms with E-state index in [9.17, 15) is 5.26 Å². The van der Waals surface area contributed by atoms with E-state index >= 15 is 0 Å². The first-order chi connectivity index (χ1) is 12.3. The van der Waals surface area contributed by atoms with Gasteiger partial charge in [0.1, 0.15) is 0 Å². The summed E-state index contributed by atoms with van der Waals surface area (Å²) in [6.07, 6.45) is 2.03. The van der Waals surface area contributed by atoms with E-state index in [4.69, 9.17) is 0 Å². The number of benzene rings is 3. The fraction of sp³-hybridized carbons (Fsp3) is 0.174. The lowest BCUT2D eigenvalue weighted by atomic mass is 9.92. The van der Waals surface area contributed by atoms with E-state index in [0.29, 0.717) is 5.92 Å². The molecule has 122 valence electrons. The zero-order chi connectivity index (χ0) is 17.1. The molecule has 0 amide bonds. The van der Waals surface area contributed by atoms with Crippen LogP contribution >= 0.6 is 0 Å². The van der Waals surface area contributed by atoms with Gasteiger partial charge in [-0.05, 0) is 59.2 Å². The molecule has 3 aromatic carbocycles. The smallest absolute Gasteiger partial charge is 0.0994 e. The van der Waals surface area contributed by atoms with Gasteiger partial charge in [-0.15, -0.1) is 0 Å². The summed E-state index contributed by atoms with van der Waals surface area (Å²) in [5, 5.41) is 12.9. The molecule has 3 aromatic rings. The van der Waals surface area contributed by atoms with E-state index in [1.165, 1.54) is 22.3 Å². The first-order valence-electron chi connectivity index (χ1n) is 8.72. The van der Waals surface area contributed by atoms with Crippen molar-refractivity contribution in [3.63, 3.8) is 0 Å². The molecule has 1 aliphatic carbocycles. The van der Waals surface area contributed by atoms with Crippen molar-refractivity contribution in [1.82, 2.24) is 0 Å². The number of hydrogen-bond donors (Lipinski definition) is 1. The Morgan fingerprint density at radius 3 is 2.48 bits per heavy atom. The molecule has 0 radical (unpaired) electrons. The molecule has 0 bridgehead atoms. The number of anilines is 1. The van der Waals surface area contributed by atoms with Gasteiger partial charge in [0.2, 0.25) is 0 Å². The second-order valence-electron chi connectivity index (χ2n) is 6.63. The van der Waals surface area contributed by atoms with Crippen LogP contribution in [0.2, 0.25) is 0 Å². The van der Waals surface area contributed by atoms with Crippen LogP contribution in [0.5, 0.6) is 0 Å². The summed E-state index contributed by atoms with van der Waals surface area (Å²) in [5.41, 5.74) is 7.24. The van der Waals surface area contributed by atoms with Crippen molar-refractivity contribution < 1.29 is 0 Å². The molecule has 0 spiro atoms. The van der Waals surface area contributed by atoms with Crippen LogP contribution in [-0.2, 0) is 19.4 Å². The van der Waals surface area contributed by atoms with Crippen LogP contribution in [-0.4, -0.2) is 0 Å². The van der Waals surface area contributed by atoms with Crippen LogP contribution in [0.25, 0.3) is 0 Å². The van der Waals surface area contributed by atoms with Crippen LogP contribution in [0.3, 0.4) is 0 Å². The summed E-state index contributed by atoms with van der Waals surface area (Å²) in [6.45, 7) is 0.834. The summed E-state index contributed by atoms with van der Waals surface area (Å²) < 4.78 is 0. The van der Waals surface area contributed by atoms with Gasteiger partial charge < -0.3 is 5.32 Å². The molecule has 0 fully saturated rings. The lowest BCUT2D eigenvalue weighted by molar-refractivity contribution is 0.739. The van der Waals surface area contributed by atoms with Crippen molar-refractivity contribution in [2.24, 2.45) is 0 Å². The van der Waals surface area contributed by atoms with Gasteiger partial charge in [-0.1, -0.05) is 54.6 Å². The van der Waals surface area contributed by atoms with Crippen molar-refractivity contribution in [1.29, 1.82) is 5.26 Å². The molecule has 0 heterocycles. The Morgan fingerprint density at radius 1 is 0.880 bits per heavy atom. The maximum atomic E-state index is 9.36. The number of nitrogens with zero attached hydrogens (tertiary/aromatic N) is 1. The van der Waals surface area contributed by atoms with E-state index in [2.05, 4.69) is 59.9 Å². The third kappa shape index (κ3) is 3.27. The zero-order valence-corrected chi connectivity index (χ0v) is 14.1. The van der Waals surface area contributed by atoms with Crippen molar-refractivity contribution in [3.05, 3.63) is 101 Å². The Kier molecular flexibility index (Phi) is 4.23. The van der Waals surface area contributed by atoms with E-state index in [1.54, 1.807) is 0 Å². The first-order valence-corrected chi connectivity index (χ1v) is 8.72. The number of nitriles is 1. The van der Waals surface area contributed by atoms with Crippen LogP contribution in [0.1, 0.15) is 33.7 Å². The van der Waals surface area contributed by atoms with Gasteiger partial charge in [-0.25, -0.2) is 0 Å². The van der Waals surface area contributed by atoms with Crippen LogP contribution in [0.4, 0.5) is 5.69 Å². The van der Waals surface area contributed by atoms with Crippen molar-refractivity contribution in [2.75, 3.05) is 5.32 Å². The van der Waals surface area contributed by atoms with Gasteiger partial charge in [-0.3, -0.25) is 0 Å². The quantitative estimate of drug-likeness (QED) is 0.728. The minimum atomic E-state index is 0.412. The largest absolute Gasteiger partial charge is 0.381 e. The van der Waals surface area contributed by atoms with Gasteiger partial charge in [0.15, 0.2) is 0 Å². The molecule has 1 aliphatic rings. The maximum absolute atomic E-state index is 9.36. The third-order valence-electron chi connectivity index (χ3n) is 5.00. The molecule has 1 atom stereocenters. The van der Waals surface area contributed by atoms with E-state index < -0.39 is 0 Å². The lowest BCUT2D eigenvalue weighted by Crippen LogP contribution is -2.00. The fourth-order valence-corrected chi connectivity index (χ4v) is 3.70. The van der Waals surface area contributed by atoms with E-state index in [0.717, 1.165) is 30.6 Å². The van der Waals surface area contributed by atoms with Gasteiger partial charge in [0.25, 0.3) is 0 Å². The van der Waals surface area contributed by atoms with Gasteiger partial charge >= 0.3 is 0 Å². The molecule has 25 heavy (non-hydrogen) atoms. The minimum Gasteiger partial charge on any atom is -0.381 e. The highest BCUT2D eigenvalue weighted by Gasteiger charge is 2.24. The molecule has 0 aromatic heterocycles. The van der Waals surface area contributed by atoms with E-state index in [-0.39, 0.29) is 0 Å². The van der Waals surface area contributed by atoms with E-state index in [1.807, 2.05) is 24.3 Å². The second-order valence-corrected chi connectivity index (χ2v) is 6.63. The molecule has 2 heteroatoms. The van der Waals surface area contributed by atoms with Crippen LogP contribution in [0.15, 0.2) is 72.8 Å². The van der Waals surface area contributed by atoms with Crippen molar-refractivity contribution in [3.8, 4) is 6.07 Å². The topological polar surface area (TPSA) is 35.8 Å². The molecule has 0 saturated carbocycles. The second kappa shape index (κ2) is 6.83. The minimum absolute atomic E-state index is 0.412. The Hall–Kier alpha value is -3.05. The van der Waals surface area contributed by atoms with Crippen LogP contribution < -0.4 is 5.32 Å². The highest BCUT2D eigenvalue weighted by atomic mass is 14.9. The average Bonchev–Trinajstić information content (AvgIpc) is 3.10. The number of rotatable bonds is 4. The monoisotopic (exact) mass is 324 g/mol. The Balaban J connectivity index is 1.50. The molecule has 0 saturated heterocycles. The summed E-state index contributed by atoms with van der Waals surface area (Å²) in [4.78, 5) is 0. The van der Waals surface area contributed by atoms with Gasteiger partial charge in [-0.2, -0.15) is 5.26 Å². The predicted octanol–water partition coefficient (Wildman–Crippen LogP) is 5.05. The lowest BCUT2D eigenvalue weighted by Gasteiger charge is -2.11. The fourth-order valence-electron chi connectivity index (χ4n) is 3.70. The van der Waals surface area contributed by atoms with Gasteiger partial charge in [0.05, 0.1) is 11.6 Å².